The van der Waals surface area contributed by atoms with Crippen molar-refractivity contribution in [2.75, 3.05) is 11.9 Å². The summed E-state index contributed by atoms with van der Waals surface area (Å²) in [6.45, 7) is 2.26. The van der Waals surface area contributed by atoms with E-state index in [2.05, 4.69) is 15.5 Å². The lowest BCUT2D eigenvalue weighted by atomic mass is 10.1. The molecular weight excluding hydrogens is 218 g/mol. The molecule has 0 aliphatic heterocycles. The predicted molar refractivity (Wildman–Crippen MR) is 62.9 cm³/mol. The highest BCUT2D eigenvalue weighted by molar-refractivity contribution is 5.94. The Labute approximate surface area is 98.8 Å². The van der Waals surface area contributed by atoms with Gasteiger partial charge in [0.05, 0.1) is 0 Å². The summed E-state index contributed by atoms with van der Waals surface area (Å²) in [6, 6.07) is 7.36. The number of nitrogens with one attached hydrogen (secondary N) is 1. The van der Waals surface area contributed by atoms with Crippen molar-refractivity contribution in [3.8, 4) is 0 Å². The quantitative estimate of drug-likeness (QED) is 0.796. The number of aromatic nitrogens is 2. The summed E-state index contributed by atoms with van der Waals surface area (Å²) < 4.78 is 4.88. The van der Waals surface area contributed by atoms with Gasteiger partial charge >= 0.3 is 0 Å². The van der Waals surface area contributed by atoms with Gasteiger partial charge in [-0.25, -0.2) is 0 Å². The predicted octanol–water partition coefficient (Wildman–Crippen LogP) is 1.93. The van der Waals surface area contributed by atoms with Crippen LogP contribution in [0.25, 0.3) is 0 Å². The zero-order chi connectivity index (χ0) is 12.1. The first kappa shape index (κ1) is 11.3. The van der Waals surface area contributed by atoms with E-state index in [1.54, 1.807) is 19.1 Å². The third-order valence-corrected chi connectivity index (χ3v) is 2.37. The first-order chi connectivity index (χ1) is 8.25. The van der Waals surface area contributed by atoms with Crippen molar-refractivity contribution in [1.29, 1.82) is 0 Å². The molecule has 0 amide bonds. The van der Waals surface area contributed by atoms with Gasteiger partial charge in [0.2, 0.25) is 5.89 Å². The van der Waals surface area contributed by atoms with E-state index in [0.29, 0.717) is 24.4 Å². The Balaban J connectivity index is 1.85. The minimum Gasteiger partial charge on any atom is -0.385 e. The van der Waals surface area contributed by atoms with E-state index >= 15 is 0 Å². The number of Topliss-reactive ketones (excluding diaryl/α,β-unsaturated/α-hetero) is 1. The number of benzene rings is 1. The van der Waals surface area contributed by atoms with Gasteiger partial charge < -0.3 is 9.84 Å². The molecule has 0 atom stereocenters. The molecule has 0 saturated heterocycles. The van der Waals surface area contributed by atoms with E-state index in [4.69, 9.17) is 4.52 Å². The molecule has 88 valence electrons. The second-order valence-corrected chi connectivity index (χ2v) is 3.65. The summed E-state index contributed by atoms with van der Waals surface area (Å²) in [5.41, 5.74) is 1.68. The Bertz CT molecular complexity index is 477. The fraction of sp³-hybridized carbons (Fsp3) is 0.250. The van der Waals surface area contributed by atoms with Crippen LogP contribution in [0.1, 0.15) is 23.2 Å². The summed E-state index contributed by atoms with van der Waals surface area (Å²) in [5.74, 6) is 0.681. The molecule has 0 aliphatic carbocycles. The maximum absolute atomic E-state index is 11.1. The van der Waals surface area contributed by atoms with Crippen LogP contribution in [0.5, 0.6) is 0 Å². The molecular formula is C12H13N3O2. The molecule has 0 fully saturated rings. The first-order valence-electron chi connectivity index (χ1n) is 5.36. The van der Waals surface area contributed by atoms with E-state index in [-0.39, 0.29) is 5.78 Å². The van der Waals surface area contributed by atoms with Crippen molar-refractivity contribution < 1.29 is 9.32 Å². The number of carbonyl (C=O) groups excluding carboxylic acids is 1. The summed E-state index contributed by atoms with van der Waals surface area (Å²) >= 11 is 0. The highest BCUT2D eigenvalue weighted by Gasteiger charge is 2.00. The maximum atomic E-state index is 11.1. The van der Waals surface area contributed by atoms with Gasteiger partial charge in [0.15, 0.2) is 12.1 Å². The lowest BCUT2D eigenvalue weighted by Crippen LogP contribution is -2.05. The molecule has 1 N–H and O–H groups in total. The number of nitrogens with zero attached hydrogens (tertiary/aromatic N) is 2. The molecule has 0 aliphatic rings. The van der Waals surface area contributed by atoms with Gasteiger partial charge in [0.25, 0.3) is 0 Å². The van der Waals surface area contributed by atoms with Gasteiger partial charge in [-0.1, -0.05) is 5.16 Å². The summed E-state index contributed by atoms with van der Waals surface area (Å²) in [4.78, 5) is 15.0. The van der Waals surface area contributed by atoms with E-state index < -0.39 is 0 Å². The first-order valence-corrected chi connectivity index (χ1v) is 5.36. The standard InChI is InChI=1S/C12H13N3O2/c1-9(16)10-2-4-11(5-3-10)13-7-6-12-14-8-15-17-12/h2-5,8,13H,6-7H2,1H3. The number of ketones is 1. The van der Waals surface area contributed by atoms with Gasteiger partial charge in [0.1, 0.15) is 0 Å². The molecule has 0 unspecified atom stereocenters. The third kappa shape index (κ3) is 3.14. The molecule has 1 heterocycles. The topological polar surface area (TPSA) is 68.0 Å². The van der Waals surface area contributed by atoms with Gasteiger partial charge in [-0.3, -0.25) is 4.79 Å². The van der Waals surface area contributed by atoms with Gasteiger partial charge in [-0.05, 0) is 31.2 Å². The zero-order valence-electron chi connectivity index (χ0n) is 9.51. The second-order valence-electron chi connectivity index (χ2n) is 3.65. The maximum Gasteiger partial charge on any atom is 0.228 e. The van der Waals surface area contributed by atoms with E-state index in [0.717, 1.165) is 5.69 Å². The van der Waals surface area contributed by atoms with Crippen molar-refractivity contribution in [1.82, 2.24) is 10.1 Å². The van der Waals surface area contributed by atoms with Crippen LogP contribution in [0.2, 0.25) is 0 Å². The SMILES string of the molecule is CC(=O)c1ccc(NCCc2ncno2)cc1. The zero-order valence-corrected chi connectivity index (χ0v) is 9.51. The summed E-state index contributed by atoms with van der Waals surface area (Å²) in [7, 11) is 0. The van der Waals surface area contributed by atoms with Crippen molar-refractivity contribution >= 4 is 11.5 Å². The van der Waals surface area contributed by atoms with Gasteiger partial charge in [-0.15, -0.1) is 0 Å². The molecule has 2 rings (SSSR count). The Hall–Kier alpha value is -2.17. The van der Waals surface area contributed by atoms with Crippen molar-refractivity contribution in [3.05, 3.63) is 42.0 Å². The molecule has 0 radical (unpaired) electrons. The normalized spacial score (nSPS) is 10.2. The van der Waals surface area contributed by atoms with Crippen LogP contribution in [0.4, 0.5) is 5.69 Å². The second kappa shape index (κ2) is 5.25. The summed E-state index contributed by atoms with van der Waals surface area (Å²) in [6.07, 6.45) is 2.06. The van der Waals surface area contributed by atoms with E-state index in [1.807, 2.05) is 12.1 Å². The largest absolute Gasteiger partial charge is 0.385 e. The molecule has 5 heteroatoms. The minimum atomic E-state index is 0.0717. The average Bonchev–Trinajstić information content (AvgIpc) is 2.83. The van der Waals surface area contributed by atoms with Gasteiger partial charge in [0, 0.05) is 24.2 Å². The monoisotopic (exact) mass is 231 g/mol. The van der Waals surface area contributed by atoms with Crippen LogP contribution < -0.4 is 5.32 Å². The molecule has 0 bridgehead atoms. The molecule has 0 spiro atoms. The molecule has 0 saturated carbocycles. The van der Waals surface area contributed by atoms with Crippen LogP contribution in [-0.2, 0) is 6.42 Å². The lowest BCUT2D eigenvalue weighted by Gasteiger charge is -2.04. The number of carbonyl (C=O) groups is 1. The molecule has 1 aromatic carbocycles. The Morgan fingerprint density at radius 1 is 1.35 bits per heavy atom. The van der Waals surface area contributed by atoms with Crippen LogP contribution in [0.3, 0.4) is 0 Å². The molecule has 2 aromatic rings. The van der Waals surface area contributed by atoms with Gasteiger partial charge in [-0.2, -0.15) is 4.98 Å². The Morgan fingerprint density at radius 3 is 2.71 bits per heavy atom. The number of hydrogen-bond donors (Lipinski definition) is 1. The molecule has 5 nitrogen and oxygen atoms in total. The smallest absolute Gasteiger partial charge is 0.228 e. The minimum absolute atomic E-state index is 0.0717. The van der Waals surface area contributed by atoms with Crippen LogP contribution in [0.15, 0.2) is 35.1 Å². The van der Waals surface area contributed by atoms with E-state index in [1.165, 1.54) is 6.33 Å². The molecule has 1 aromatic heterocycles. The highest BCUT2D eigenvalue weighted by atomic mass is 16.5. The Kier molecular flexibility index (Phi) is 3.49. The van der Waals surface area contributed by atoms with Crippen molar-refractivity contribution in [3.63, 3.8) is 0 Å². The lowest BCUT2D eigenvalue weighted by molar-refractivity contribution is 0.101. The number of hydrogen-bond acceptors (Lipinski definition) is 5. The molecule has 17 heavy (non-hydrogen) atoms. The van der Waals surface area contributed by atoms with Crippen LogP contribution in [0, 0.1) is 0 Å². The summed E-state index contributed by atoms with van der Waals surface area (Å²) in [5, 5.41) is 6.74. The highest BCUT2D eigenvalue weighted by Crippen LogP contribution is 2.09. The number of rotatable bonds is 5. The number of anilines is 1. The fourth-order valence-electron chi connectivity index (χ4n) is 1.44. The van der Waals surface area contributed by atoms with Crippen molar-refractivity contribution in [2.24, 2.45) is 0 Å². The average molecular weight is 231 g/mol. The van der Waals surface area contributed by atoms with Crippen LogP contribution >= 0.6 is 0 Å². The van der Waals surface area contributed by atoms with Crippen LogP contribution in [-0.4, -0.2) is 22.5 Å². The third-order valence-electron chi connectivity index (χ3n) is 2.37. The fourth-order valence-corrected chi connectivity index (χ4v) is 1.44. The van der Waals surface area contributed by atoms with Crippen molar-refractivity contribution in [2.45, 2.75) is 13.3 Å². The Morgan fingerprint density at radius 2 is 2.12 bits per heavy atom. The van der Waals surface area contributed by atoms with E-state index in [9.17, 15) is 4.79 Å².